The fraction of sp³-hybridized carbons (Fsp3) is 0.273. The summed E-state index contributed by atoms with van der Waals surface area (Å²) in [5.41, 5.74) is 7.13. The van der Waals surface area contributed by atoms with Crippen LogP contribution in [0.15, 0.2) is 24.3 Å². The number of nitrogens with two attached hydrogens (primary N) is 1. The van der Waals surface area contributed by atoms with E-state index >= 15 is 0 Å². The third-order valence-corrected chi connectivity index (χ3v) is 2.04. The number of primary amides is 1. The Morgan fingerprint density at radius 1 is 1.40 bits per heavy atom. The van der Waals surface area contributed by atoms with Gasteiger partial charge in [-0.05, 0) is 17.5 Å². The highest BCUT2D eigenvalue weighted by molar-refractivity contribution is 5.74. The Balaban J connectivity index is 2.57. The minimum absolute atomic E-state index is 0.300. The molecule has 1 aromatic carbocycles. The molecule has 4 nitrogen and oxygen atoms in total. The van der Waals surface area contributed by atoms with Gasteiger partial charge >= 0.3 is 0 Å². The van der Waals surface area contributed by atoms with Crippen molar-refractivity contribution in [2.24, 2.45) is 5.73 Å². The molecule has 0 radical (unpaired) electrons. The second-order valence-electron chi connectivity index (χ2n) is 3.29. The van der Waals surface area contributed by atoms with Gasteiger partial charge in [0.1, 0.15) is 0 Å². The van der Waals surface area contributed by atoms with E-state index in [0.717, 1.165) is 11.1 Å². The van der Waals surface area contributed by atoms with Crippen LogP contribution >= 0.6 is 0 Å². The van der Waals surface area contributed by atoms with Gasteiger partial charge in [0, 0.05) is 13.0 Å². The maximum Gasteiger partial charge on any atom is 0.217 e. The van der Waals surface area contributed by atoms with Gasteiger partial charge in [0.05, 0.1) is 0 Å². The summed E-state index contributed by atoms with van der Waals surface area (Å²) < 4.78 is 0. The Labute approximate surface area is 88.5 Å². The summed E-state index contributed by atoms with van der Waals surface area (Å²) >= 11 is 0. The number of hydrogen-bond acceptors (Lipinski definition) is 2. The summed E-state index contributed by atoms with van der Waals surface area (Å²) in [7, 11) is 0. The third-order valence-electron chi connectivity index (χ3n) is 2.04. The Kier molecular flexibility index (Phi) is 4.34. The van der Waals surface area contributed by atoms with Crippen molar-refractivity contribution in [2.75, 3.05) is 0 Å². The summed E-state index contributed by atoms with van der Waals surface area (Å²) in [6.07, 6.45) is 1.66. The molecular weight excluding hydrogens is 192 g/mol. The van der Waals surface area contributed by atoms with Crippen molar-refractivity contribution in [3.8, 4) is 0 Å². The summed E-state index contributed by atoms with van der Waals surface area (Å²) in [6.45, 7) is 0.508. The Morgan fingerprint density at radius 3 is 2.80 bits per heavy atom. The Morgan fingerprint density at radius 2 is 2.13 bits per heavy atom. The number of aryl methyl sites for hydroxylation is 1. The Bertz CT molecular complexity index is 350. The van der Waals surface area contributed by atoms with Gasteiger partial charge < -0.3 is 11.1 Å². The van der Waals surface area contributed by atoms with Gasteiger partial charge in [-0.1, -0.05) is 24.3 Å². The molecule has 0 aliphatic rings. The molecule has 0 aromatic heterocycles. The largest absolute Gasteiger partial charge is 0.370 e. The second kappa shape index (κ2) is 5.80. The van der Waals surface area contributed by atoms with Crippen molar-refractivity contribution in [3.05, 3.63) is 35.4 Å². The molecule has 4 heteroatoms. The van der Waals surface area contributed by atoms with E-state index in [0.29, 0.717) is 25.8 Å². The number of rotatable bonds is 6. The van der Waals surface area contributed by atoms with Crippen LogP contribution in [0.3, 0.4) is 0 Å². The first-order chi connectivity index (χ1) is 7.22. The zero-order chi connectivity index (χ0) is 11.1. The normalized spacial score (nSPS) is 9.60. The topological polar surface area (TPSA) is 72.2 Å². The lowest BCUT2D eigenvalue weighted by molar-refractivity contribution is -0.118. The average molecular weight is 206 g/mol. The van der Waals surface area contributed by atoms with Crippen LogP contribution in [0.2, 0.25) is 0 Å². The van der Waals surface area contributed by atoms with E-state index in [1.807, 2.05) is 24.3 Å². The number of benzene rings is 1. The van der Waals surface area contributed by atoms with E-state index in [4.69, 9.17) is 5.73 Å². The van der Waals surface area contributed by atoms with Crippen LogP contribution in [-0.2, 0) is 22.6 Å². The lowest BCUT2D eigenvalue weighted by Gasteiger charge is -2.03. The molecule has 0 saturated carbocycles. The minimum atomic E-state index is -0.300. The van der Waals surface area contributed by atoms with E-state index in [2.05, 4.69) is 5.32 Å². The maximum absolute atomic E-state index is 10.6. The first-order valence-corrected chi connectivity index (χ1v) is 4.75. The van der Waals surface area contributed by atoms with E-state index in [9.17, 15) is 9.59 Å². The molecular formula is C11H14N2O2. The standard InChI is InChI=1S/C11H14N2O2/c12-11(15)5-4-9-2-1-3-10(6-9)7-13-8-14/h1-3,6,8H,4-5,7H2,(H2,12,15)(H,13,14). The first kappa shape index (κ1) is 11.2. The predicted octanol–water partition coefficient (Wildman–Crippen LogP) is 0.350. The summed E-state index contributed by atoms with van der Waals surface area (Å²) in [6, 6.07) is 7.72. The van der Waals surface area contributed by atoms with E-state index in [1.54, 1.807) is 0 Å². The minimum Gasteiger partial charge on any atom is -0.370 e. The highest BCUT2D eigenvalue weighted by atomic mass is 16.1. The van der Waals surface area contributed by atoms with Crippen LogP contribution in [0.1, 0.15) is 17.5 Å². The fourth-order valence-corrected chi connectivity index (χ4v) is 1.32. The van der Waals surface area contributed by atoms with Crippen LogP contribution in [-0.4, -0.2) is 12.3 Å². The zero-order valence-corrected chi connectivity index (χ0v) is 8.40. The van der Waals surface area contributed by atoms with Crippen LogP contribution in [0.25, 0.3) is 0 Å². The second-order valence-corrected chi connectivity index (χ2v) is 3.29. The van der Waals surface area contributed by atoms with Gasteiger partial charge in [-0.2, -0.15) is 0 Å². The quantitative estimate of drug-likeness (QED) is 0.659. The smallest absolute Gasteiger partial charge is 0.217 e. The molecule has 15 heavy (non-hydrogen) atoms. The molecule has 0 unspecified atom stereocenters. The molecule has 0 aliphatic heterocycles. The lowest BCUT2D eigenvalue weighted by atomic mass is 10.1. The van der Waals surface area contributed by atoms with Crippen molar-refractivity contribution in [3.63, 3.8) is 0 Å². The van der Waals surface area contributed by atoms with Crippen molar-refractivity contribution >= 4 is 12.3 Å². The van der Waals surface area contributed by atoms with Crippen LogP contribution in [0.5, 0.6) is 0 Å². The van der Waals surface area contributed by atoms with Gasteiger partial charge in [-0.3, -0.25) is 9.59 Å². The first-order valence-electron chi connectivity index (χ1n) is 4.75. The van der Waals surface area contributed by atoms with E-state index in [-0.39, 0.29) is 5.91 Å². The monoisotopic (exact) mass is 206 g/mol. The molecule has 0 spiro atoms. The highest BCUT2D eigenvalue weighted by Gasteiger charge is 1.98. The van der Waals surface area contributed by atoms with Crippen LogP contribution in [0.4, 0.5) is 0 Å². The SMILES string of the molecule is NC(=O)CCc1cccc(CNC=O)c1. The molecule has 0 bridgehead atoms. The number of hydrogen-bond donors (Lipinski definition) is 2. The molecule has 0 saturated heterocycles. The van der Waals surface area contributed by atoms with Crippen molar-refractivity contribution in [1.82, 2.24) is 5.32 Å². The van der Waals surface area contributed by atoms with Gasteiger partial charge in [-0.15, -0.1) is 0 Å². The Hall–Kier alpha value is -1.84. The molecule has 1 aromatic rings. The van der Waals surface area contributed by atoms with Crippen molar-refractivity contribution < 1.29 is 9.59 Å². The average Bonchev–Trinajstić information content (AvgIpc) is 2.24. The summed E-state index contributed by atoms with van der Waals surface area (Å²) in [5, 5.41) is 2.58. The predicted molar refractivity (Wildman–Crippen MR) is 56.9 cm³/mol. The van der Waals surface area contributed by atoms with Crippen molar-refractivity contribution in [2.45, 2.75) is 19.4 Å². The number of nitrogens with one attached hydrogen (secondary N) is 1. The molecule has 1 rings (SSSR count). The molecule has 0 heterocycles. The van der Waals surface area contributed by atoms with Gasteiger partial charge in [-0.25, -0.2) is 0 Å². The molecule has 0 aliphatic carbocycles. The maximum atomic E-state index is 10.6. The highest BCUT2D eigenvalue weighted by Crippen LogP contribution is 2.07. The number of carbonyl (C=O) groups is 2. The molecule has 2 amide bonds. The molecule has 0 atom stereocenters. The van der Waals surface area contributed by atoms with Crippen LogP contribution in [0, 0.1) is 0 Å². The van der Waals surface area contributed by atoms with E-state index < -0.39 is 0 Å². The fourth-order valence-electron chi connectivity index (χ4n) is 1.32. The van der Waals surface area contributed by atoms with Gasteiger partial charge in [0.25, 0.3) is 0 Å². The zero-order valence-electron chi connectivity index (χ0n) is 8.40. The summed E-state index contributed by atoms with van der Waals surface area (Å²) in [4.78, 5) is 20.7. The molecule has 3 N–H and O–H groups in total. The van der Waals surface area contributed by atoms with Gasteiger partial charge in [0.15, 0.2) is 0 Å². The molecule has 0 fully saturated rings. The van der Waals surface area contributed by atoms with Gasteiger partial charge in [0.2, 0.25) is 12.3 Å². The molecule has 80 valence electrons. The number of carbonyl (C=O) groups excluding carboxylic acids is 2. The van der Waals surface area contributed by atoms with Crippen LogP contribution < -0.4 is 11.1 Å². The number of amides is 2. The lowest BCUT2D eigenvalue weighted by Crippen LogP contribution is -2.12. The van der Waals surface area contributed by atoms with E-state index in [1.165, 1.54) is 0 Å². The third kappa shape index (κ3) is 4.26. The summed E-state index contributed by atoms with van der Waals surface area (Å²) in [5.74, 6) is -0.300. The van der Waals surface area contributed by atoms with Crippen molar-refractivity contribution in [1.29, 1.82) is 0 Å².